The number of rotatable bonds is 7. The van der Waals surface area contributed by atoms with Gasteiger partial charge in [0.25, 0.3) is 5.91 Å². The predicted molar refractivity (Wildman–Crippen MR) is 99.7 cm³/mol. The molecule has 0 fully saturated rings. The van der Waals surface area contributed by atoms with Gasteiger partial charge in [-0.05, 0) is 49.8 Å². The van der Waals surface area contributed by atoms with Crippen LogP contribution in [0.4, 0.5) is 0 Å². The van der Waals surface area contributed by atoms with Crippen LogP contribution < -0.4 is 0 Å². The summed E-state index contributed by atoms with van der Waals surface area (Å²) in [5.41, 5.74) is 0.110. The van der Waals surface area contributed by atoms with Crippen LogP contribution in [-0.2, 0) is 9.59 Å². The lowest BCUT2D eigenvalue weighted by atomic mass is 10.0. The minimum Gasteiger partial charge on any atom is -0.503 e. The summed E-state index contributed by atoms with van der Waals surface area (Å²) in [6.45, 7) is 1.04. The van der Waals surface area contributed by atoms with E-state index in [0.29, 0.717) is 18.8 Å². The van der Waals surface area contributed by atoms with Crippen LogP contribution in [0, 0.1) is 0 Å². The summed E-state index contributed by atoms with van der Waals surface area (Å²) >= 11 is 1.45. The summed E-state index contributed by atoms with van der Waals surface area (Å²) in [6, 6.07) is 6.60. The van der Waals surface area contributed by atoms with Crippen LogP contribution >= 0.6 is 11.3 Å². The quantitative estimate of drug-likeness (QED) is 0.757. The average molecular weight is 372 g/mol. The molecule has 1 unspecified atom stereocenters. The normalized spacial score (nSPS) is 17.9. The van der Waals surface area contributed by atoms with Crippen LogP contribution in [0.1, 0.15) is 16.7 Å². The van der Waals surface area contributed by atoms with Crippen molar-refractivity contribution < 1.29 is 19.1 Å². The monoisotopic (exact) mass is 372 g/mol. The summed E-state index contributed by atoms with van der Waals surface area (Å²) in [4.78, 5) is 29.7. The number of thiophene rings is 1. The zero-order valence-electron chi connectivity index (χ0n) is 14.6. The topological polar surface area (TPSA) is 74.0 Å². The van der Waals surface area contributed by atoms with E-state index >= 15 is 0 Å². The number of amides is 1. The molecule has 0 aliphatic carbocycles. The van der Waals surface area contributed by atoms with E-state index in [4.69, 9.17) is 4.42 Å². The fraction of sp³-hybridized carbons (Fsp3) is 0.263. The van der Waals surface area contributed by atoms with Gasteiger partial charge in [-0.15, -0.1) is 11.3 Å². The van der Waals surface area contributed by atoms with Crippen molar-refractivity contribution >= 4 is 29.1 Å². The van der Waals surface area contributed by atoms with Crippen molar-refractivity contribution in [2.75, 3.05) is 27.2 Å². The maximum atomic E-state index is 12.8. The summed E-state index contributed by atoms with van der Waals surface area (Å²) in [5.74, 6) is -0.867. The minimum absolute atomic E-state index is 0.110. The number of aliphatic hydroxyl groups is 1. The number of allylic oxidation sites excluding steroid dienone is 1. The van der Waals surface area contributed by atoms with E-state index < -0.39 is 23.5 Å². The van der Waals surface area contributed by atoms with Crippen molar-refractivity contribution in [1.82, 2.24) is 9.80 Å². The Morgan fingerprint density at radius 1 is 1.38 bits per heavy atom. The average Bonchev–Trinajstić information content (AvgIpc) is 3.34. The standard InChI is InChI=1S/C19H20N2O4S/c1-20(2)9-10-21-17(15-6-4-12-26-15)16(18(23)19(21)24)14(22)8-7-13-5-3-11-25-13/h3-8,11-12,17,23H,9-10H2,1-2H3/b8-7+. The first kappa shape index (κ1) is 18.2. The number of ketones is 1. The molecule has 7 heteroatoms. The van der Waals surface area contributed by atoms with Gasteiger partial charge >= 0.3 is 0 Å². The van der Waals surface area contributed by atoms with Crippen LogP contribution in [0.5, 0.6) is 0 Å². The highest BCUT2D eigenvalue weighted by molar-refractivity contribution is 7.10. The maximum absolute atomic E-state index is 12.8. The van der Waals surface area contributed by atoms with Gasteiger partial charge in [-0.1, -0.05) is 6.07 Å². The molecule has 3 rings (SSSR count). The van der Waals surface area contributed by atoms with E-state index in [1.54, 1.807) is 17.0 Å². The van der Waals surface area contributed by atoms with Gasteiger partial charge in [-0.25, -0.2) is 0 Å². The Hall–Kier alpha value is -2.64. The smallest absolute Gasteiger partial charge is 0.290 e. The zero-order valence-corrected chi connectivity index (χ0v) is 15.4. The van der Waals surface area contributed by atoms with Crippen molar-refractivity contribution in [3.63, 3.8) is 0 Å². The van der Waals surface area contributed by atoms with Crippen LogP contribution in [-0.4, -0.2) is 53.8 Å². The third-order valence-electron chi connectivity index (χ3n) is 4.11. The van der Waals surface area contributed by atoms with E-state index in [1.807, 2.05) is 36.5 Å². The number of hydrogen-bond donors (Lipinski definition) is 1. The lowest BCUT2D eigenvalue weighted by Gasteiger charge is -2.26. The number of hydrogen-bond acceptors (Lipinski definition) is 6. The molecule has 1 atom stereocenters. The Bertz CT molecular complexity index is 835. The van der Waals surface area contributed by atoms with Crippen molar-refractivity contribution in [2.45, 2.75) is 6.04 Å². The van der Waals surface area contributed by atoms with Gasteiger partial charge < -0.3 is 19.3 Å². The second kappa shape index (κ2) is 7.72. The van der Waals surface area contributed by atoms with Crippen LogP contribution in [0.15, 0.2) is 57.7 Å². The molecular weight excluding hydrogens is 352 g/mol. The third-order valence-corrected chi connectivity index (χ3v) is 5.04. The van der Waals surface area contributed by atoms with Gasteiger partial charge in [-0.2, -0.15) is 0 Å². The molecule has 2 aromatic heterocycles. The Morgan fingerprint density at radius 3 is 2.81 bits per heavy atom. The number of furan rings is 1. The van der Waals surface area contributed by atoms with Crippen molar-refractivity contribution in [3.8, 4) is 0 Å². The second-order valence-electron chi connectivity index (χ2n) is 6.20. The van der Waals surface area contributed by atoms with Gasteiger partial charge in [0.2, 0.25) is 0 Å². The van der Waals surface area contributed by atoms with E-state index in [-0.39, 0.29) is 5.57 Å². The molecule has 6 nitrogen and oxygen atoms in total. The largest absolute Gasteiger partial charge is 0.503 e. The minimum atomic E-state index is -0.573. The molecule has 0 spiro atoms. The maximum Gasteiger partial charge on any atom is 0.290 e. The lowest BCUT2D eigenvalue weighted by Crippen LogP contribution is -2.36. The van der Waals surface area contributed by atoms with E-state index in [0.717, 1.165) is 4.88 Å². The first-order chi connectivity index (χ1) is 12.5. The summed E-state index contributed by atoms with van der Waals surface area (Å²) in [5, 5.41) is 12.3. The molecule has 0 saturated carbocycles. The molecule has 0 bridgehead atoms. The molecular formula is C19H20N2O4S. The second-order valence-corrected chi connectivity index (χ2v) is 7.17. The molecule has 26 heavy (non-hydrogen) atoms. The van der Waals surface area contributed by atoms with E-state index in [2.05, 4.69) is 0 Å². The number of carbonyl (C=O) groups is 2. The Balaban J connectivity index is 1.92. The molecule has 1 aliphatic heterocycles. The molecule has 1 N–H and O–H groups in total. The molecule has 0 saturated heterocycles. The highest BCUT2D eigenvalue weighted by Gasteiger charge is 2.43. The highest BCUT2D eigenvalue weighted by Crippen LogP contribution is 2.39. The van der Waals surface area contributed by atoms with E-state index in [9.17, 15) is 14.7 Å². The van der Waals surface area contributed by atoms with Gasteiger partial charge in [0, 0.05) is 18.0 Å². The third kappa shape index (κ3) is 3.63. The van der Waals surface area contributed by atoms with Crippen LogP contribution in [0.3, 0.4) is 0 Å². The fourth-order valence-electron chi connectivity index (χ4n) is 2.82. The lowest BCUT2D eigenvalue weighted by molar-refractivity contribution is -0.129. The molecule has 2 aromatic rings. The van der Waals surface area contributed by atoms with E-state index in [1.165, 1.54) is 29.8 Å². The van der Waals surface area contributed by atoms with Gasteiger partial charge in [-0.3, -0.25) is 9.59 Å². The van der Waals surface area contributed by atoms with Crippen molar-refractivity contribution in [1.29, 1.82) is 0 Å². The van der Waals surface area contributed by atoms with Crippen molar-refractivity contribution in [2.24, 2.45) is 0 Å². The first-order valence-corrected chi connectivity index (χ1v) is 9.05. The predicted octanol–water partition coefficient (Wildman–Crippen LogP) is 2.88. The number of likely N-dealkylation sites (N-methyl/N-ethyl adjacent to an activating group) is 1. The Kier molecular flexibility index (Phi) is 5.39. The van der Waals surface area contributed by atoms with Crippen LogP contribution in [0.25, 0.3) is 6.08 Å². The Morgan fingerprint density at radius 2 is 2.19 bits per heavy atom. The van der Waals surface area contributed by atoms with Crippen molar-refractivity contribution in [3.05, 3.63) is 64.0 Å². The fourth-order valence-corrected chi connectivity index (χ4v) is 3.67. The summed E-state index contributed by atoms with van der Waals surface area (Å²) < 4.78 is 5.18. The molecule has 0 aromatic carbocycles. The van der Waals surface area contributed by atoms with Gasteiger partial charge in [0.05, 0.1) is 17.9 Å². The highest BCUT2D eigenvalue weighted by atomic mass is 32.1. The summed E-state index contributed by atoms with van der Waals surface area (Å²) in [7, 11) is 3.82. The number of nitrogens with zero attached hydrogens (tertiary/aromatic N) is 2. The van der Waals surface area contributed by atoms with Gasteiger partial charge in [0.1, 0.15) is 5.76 Å². The zero-order chi connectivity index (χ0) is 18.7. The van der Waals surface area contributed by atoms with Gasteiger partial charge in [0.15, 0.2) is 11.5 Å². The molecule has 1 aliphatic rings. The SMILES string of the molecule is CN(C)CCN1C(=O)C(O)=C(C(=O)/C=C/c2ccco2)C1c1cccs1. The number of aliphatic hydroxyl groups excluding tert-OH is 1. The molecule has 0 radical (unpaired) electrons. The van der Waals surface area contributed by atoms with Crippen LogP contribution in [0.2, 0.25) is 0 Å². The molecule has 136 valence electrons. The Labute approximate surface area is 155 Å². The molecule has 3 heterocycles. The first-order valence-electron chi connectivity index (χ1n) is 8.17. The summed E-state index contributed by atoms with van der Waals surface area (Å²) in [6.07, 6.45) is 4.37. The number of carbonyl (C=O) groups excluding carboxylic acids is 2. The molecule has 1 amide bonds.